The molecule has 1 fully saturated rings. The lowest BCUT2D eigenvalue weighted by Crippen LogP contribution is -2.46. The van der Waals surface area contributed by atoms with Crippen molar-refractivity contribution in [1.82, 2.24) is 9.88 Å². The third kappa shape index (κ3) is 3.65. The minimum absolute atomic E-state index is 0.0474. The summed E-state index contributed by atoms with van der Waals surface area (Å²) in [6.07, 6.45) is 0. The van der Waals surface area contributed by atoms with Crippen LogP contribution in [0, 0.1) is 0 Å². The third-order valence-electron chi connectivity index (χ3n) is 3.76. The van der Waals surface area contributed by atoms with E-state index in [9.17, 15) is 4.79 Å². The van der Waals surface area contributed by atoms with Crippen LogP contribution in [0.25, 0.3) is 0 Å². The van der Waals surface area contributed by atoms with Crippen LogP contribution in [0.2, 0.25) is 5.02 Å². The first-order chi connectivity index (χ1) is 10.2. The SMILES string of the molecule is O=c1cccc(N2CCN(Cc3cccc(Cl)c3)CC2)[nH]1. The van der Waals surface area contributed by atoms with Crippen LogP contribution in [0.15, 0.2) is 47.3 Å². The van der Waals surface area contributed by atoms with Gasteiger partial charge < -0.3 is 9.88 Å². The summed E-state index contributed by atoms with van der Waals surface area (Å²) in [5.41, 5.74) is 1.19. The average molecular weight is 304 g/mol. The quantitative estimate of drug-likeness (QED) is 0.946. The Balaban J connectivity index is 1.59. The molecule has 0 spiro atoms. The molecule has 1 aromatic heterocycles. The fourth-order valence-electron chi connectivity index (χ4n) is 2.66. The van der Waals surface area contributed by atoms with E-state index in [1.807, 2.05) is 24.3 Å². The normalized spacial score (nSPS) is 16.1. The van der Waals surface area contributed by atoms with Crippen molar-refractivity contribution in [1.29, 1.82) is 0 Å². The Morgan fingerprint density at radius 2 is 1.81 bits per heavy atom. The van der Waals surface area contributed by atoms with Gasteiger partial charge in [0, 0.05) is 43.8 Å². The zero-order chi connectivity index (χ0) is 14.7. The molecule has 3 rings (SSSR count). The first kappa shape index (κ1) is 14.2. The molecule has 5 heteroatoms. The number of hydrogen-bond acceptors (Lipinski definition) is 3. The Labute approximate surface area is 129 Å². The highest BCUT2D eigenvalue weighted by Crippen LogP contribution is 2.16. The first-order valence-electron chi connectivity index (χ1n) is 7.12. The van der Waals surface area contributed by atoms with Crippen molar-refractivity contribution >= 4 is 17.4 Å². The summed E-state index contributed by atoms with van der Waals surface area (Å²) in [5.74, 6) is 0.907. The molecule has 0 atom stereocenters. The van der Waals surface area contributed by atoms with E-state index >= 15 is 0 Å². The highest BCUT2D eigenvalue weighted by atomic mass is 35.5. The maximum atomic E-state index is 11.4. The Morgan fingerprint density at radius 1 is 1.05 bits per heavy atom. The van der Waals surface area contributed by atoms with Crippen LogP contribution >= 0.6 is 11.6 Å². The number of nitrogens with zero attached hydrogens (tertiary/aromatic N) is 2. The predicted molar refractivity (Wildman–Crippen MR) is 86.0 cm³/mol. The van der Waals surface area contributed by atoms with Crippen molar-refractivity contribution in [3.63, 3.8) is 0 Å². The number of rotatable bonds is 3. The summed E-state index contributed by atoms with van der Waals surface area (Å²) in [6.45, 7) is 4.70. The van der Waals surface area contributed by atoms with Gasteiger partial charge in [-0.15, -0.1) is 0 Å². The van der Waals surface area contributed by atoms with Crippen LogP contribution in [-0.2, 0) is 6.54 Å². The molecule has 0 radical (unpaired) electrons. The average Bonchev–Trinajstić information content (AvgIpc) is 2.48. The number of benzene rings is 1. The largest absolute Gasteiger partial charge is 0.356 e. The molecule has 0 bridgehead atoms. The second-order valence-corrected chi connectivity index (χ2v) is 5.73. The highest BCUT2D eigenvalue weighted by molar-refractivity contribution is 6.30. The summed E-state index contributed by atoms with van der Waals surface area (Å²) >= 11 is 6.02. The second-order valence-electron chi connectivity index (χ2n) is 5.29. The van der Waals surface area contributed by atoms with E-state index in [1.165, 1.54) is 5.56 Å². The molecule has 2 aromatic rings. The standard InChI is InChI=1S/C16H18ClN3O/c17-14-4-1-3-13(11-14)12-19-7-9-20(10-8-19)15-5-2-6-16(21)18-15/h1-6,11H,7-10,12H2,(H,18,21). The molecule has 1 aliphatic heterocycles. The molecule has 21 heavy (non-hydrogen) atoms. The van der Waals surface area contributed by atoms with Crippen molar-refractivity contribution in [3.05, 3.63) is 63.4 Å². The van der Waals surface area contributed by atoms with Gasteiger partial charge in [-0.2, -0.15) is 0 Å². The molecule has 2 heterocycles. The zero-order valence-electron chi connectivity index (χ0n) is 11.8. The lowest BCUT2D eigenvalue weighted by Gasteiger charge is -2.35. The minimum atomic E-state index is -0.0474. The van der Waals surface area contributed by atoms with Crippen LogP contribution in [0.3, 0.4) is 0 Å². The van der Waals surface area contributed by atoms with Gasteiger partial charge in [0.25, 0.3) is 0 Å². The van der Waals surface area contributed by atoms with Crippen LogP contribution in [-0.4, -0.2) is 36.1 Å². The number of nitrogens with one attached hydrogen (secondary N) is 1. The van der Waals surface area contributed by atoms with Gasteiger partial charge in [0.2, 0.25) is 5.56 Å². The van der Waals surface area contributed by atoms with Crippen molar-refractivity contribution in [3.8, 4) is 0 Å². The summed E-state index contributed by atoms with van der Waals surface area (Å²) in [4.78, 5) is 18.9. The van der Waals surface area contributed by atoms with E-state index in [0.717, 1.165) is 43.6 Å². The summed E-state index contributed by atoms with van der Waals surface area (Å²) in [6, 6.07) is 13.3. The van der Waals surface area contributed by atoms with E-state index in [1.54, 1.807) is 12.1 Å². The van der Waals surface area contributed by atoms with Gasteiger partial charge in [-0.05, 0) is 23.8 Å². The number of hydrogen-bond donors (Lipinski definition) is 1. The van der Waals surface area contributed by atoms with Crippen LogP contribution in [0.4, 0.5) is 5.82 Å². The minimum Gasteiger partial charge on any atom is -0.356 e. The number of aromatic amines is 1. The molecular weight excluding hydrogens is 286 g/mol. The number of halogens is 1. The van der Waals surface area contributed by atoms with Crippen LogP contribution in [0.5, 0.6) is 0 Å². The Bertz CT molecular complexity index is 662. The second kappa shape index (κ2) is 6.33. The fourth-order valence-corrected chi connectivity index (χ4v) is 2.87. The highest BCUT2D eigenvalue weighted by Gasteiger charge is 2.17. The van der Waals surface area contributed by atoms with Gasteiger partial charge in [-0.25, -0.2) is 0 Å². The van der Waals surface area contributed by atoms with Gasteiger partial charge in [-0.3, -0.25) is 9.69 Å². The molecule has 1 saturated heterocycles. The predicted octanol–water partition coefficient (Wildman–Crippen LogP) is 2.35. The molecule has 0 amide bonds. The Kier molecular flexibility index (Phi) is 4.27. The Morgan fingerprint density at radius 3 is 2.52 bits per heavy atom. The number of H-pyrrole nitrogens is 1. The summed E-state index contributed by atoms with van der Waals surface area (Å²) < 4.78 is 0. The van der Waals surface area contributed by atoms with Crippen LogP contribution in [0.1, 0.15) is 5.56 Å². The van der Waals surface area contributed by atoms with E-state index in [-0.39, 0.29) is 5.56 Å². The number of aromatic nitrogens is 1. The number of pyridine rings is 1. The summed E-state index contributed by atoms with van der Waals surface area (Å²) in [5, 5.41) is 0.785. The monoisotopic (exact) mass is 303 g/mol. The maximum absolute atomic E-state index is 11.4. The topological polar surface area (TPSA) is 39.3 Å². The molecule has 0 saturated carbocycles. The van der Waals surface area contributed by atoms with Crippen LogP contribution < -0.4 is 10.5 Å². The van der Waals surface area contributed by atoms with Crippen molar-refractivity contribution in [2.45, 2.75) is 6.54 Å². The first-order valence-corrected chi connectivity index (χ1v) is 7.49. The Hall–Kier alpha value is -1.78. The van der Waals surface area contributed by atoms with E-state index in [2.05, 4.69) is 20.9 Å². The van der Waals surface area contributed by atoms with Gasteiger partial charge >= 0.3 is 0 Å². The van der Waals surface area contributed by atoms with Gasteiger partial charge in [0.1, 0.15) is 5.82 Å². The fraction of sp³-hybridized carbons (Fsp3) is 0.312. The molecule has 4 nitrogen and oxygen atoms in total. The number of piperazine rings is 1. The molecule has 0 aliphatic carbocycles. The molecule has 110 valence electrons. The van der Waals surface area contributed by atoms with E-state index < -0.39 is 0 Å². The smallest absolute Gasteiger partial charge is 0.249 e. The van der Waals surface area contributed by atoms with Crippen molar-refractivity contribution in [2.24, 2.45) is 0 Å². The van der Waals surface area contributed by atoms with E-state index in [4.69, 9.17) is 11.6 Å². The lowest BCUT2D eigenvalue weighted by atomic mass is 10.2. The summed E-state index contributed by atoms with van der Waals surface area (Å²) in [7, 11) is 0. The van der Waals surface area contributed by atoms with Gasteiger partial charge in [0.05, 0.1) is 0 Å². The molecule has 1 aromatic carbocycles. The zero-order valence-corrected chi connectivity index (χ0v) is 12.5. The van der Waals surface area contributed by atoms with Crippen molar-refractivity contribution in [2.75, 3.05) is 31.1 Å². The molecular formula is C16H18ClN3O. The maximum Gasteiger partial charge on any atom is 0.249 e. The molecule has 1 N–H and O–H groups in total. The molecule has 0 unspecified atom stereocenters. The van der Waals surface area contributed by atoms with Crippen molar-refractivity contribution < 1.29 is 0 Å². The lowest BCUT2D eigenvalue weighted by molar-refractivity contribution is 0.249. The van der Waals surface area contributed by atoms with Gasteiger partial charge in [-0.1, -0.05) is 29.8 Å². The number of anilines is 1. The third-order valence-corrected chi connectivity index (χ3v) is 4.00. The van der Waals surface area contributed by atoms with E-state index in [0.29, 0.717) is 0 Å². The van der Waals surface area contributed by atoms with Gasteiger partial charge in [0.15, 0.2) is 0 Å². The molecule has 1 aliphatic rings.